The average Bonchev–Trinajstić information content (AvgIpc) is 3.14. The highest BCUT2D eigenvalue weighted by Crippen LogP contribution is 2.39. The van der Waals surface area contributed by atoms with Gasteiger partial charge in [-0.2, -0.15) is 0 Å². The van der Waals surface area contributed by atoms with Crippen LogP contribution in [0.25, 0.3) is 0 Å². The van der Waals surface area contributed by atoms with Crippen LogP contribution in [0.1, 0.15) is 24.5 Å². The molecule has 1 aromatic rings. The fraction of sp³-hybridized carbons (Fsp3) is 0.467. The van der Waals surface area contributed by atoms with E-state index in [-0.39, 0.29) is 24.0 Å². The zero-order valence-corrected chi connectivity index (χ0v) is 11.0. The fourth-order valence-corrected chi connectivity index (χ4v) is 2.76. The number of rotatable bonds is 4. The van der Waals surface area contributed by atoms with Gasteiger partial charge in [0.2, 0.25) is 5.91 Å². The molecule has 20 heavy (non-hydrogen) atoms. The molecule has 1 saturated heterocycles. The van der Waals surface area contributed by atoms with Crippen molar-refractivity contribution in [1.29, 1.82) is 0 Å². The van der Waals surface area contributed by atoms with Crippen molar-refractivity contribution in [2.45, 2.75) is 25.0 Å². The summed E-state index contributed by atoms with van der Waals surface area (Å²) in [6.45, 7) is 0.609. The molecule has 4 atom stereocenters. The van der Waals surface area contributed by atoms with Crippen LogP contribution < -0.4 is 5.32 Å². The number of amides is 1. The van der Waals surface area contributed by atoms with Crippen molar-refractivity contribution in [3.05, 3.63) is 35.9 Å². The lowest BCUT2D eigenvalue weighted by molar-refractivity contribution is -0.140. The Hall–Kier alpha value is -1.88. The Morgan fingerprint density at radius 1 is 1.20 bits per heavy atom. The molecule has 3 rings (SSSR count). The normalized spacial score (nSPS) is 31.8. The van der Waals surface area contributed by atoms with Crippen LogP contribution >= 0.6 is 0 Å². The molecule has 0 aromatic heterocycles. The predicted octanol–water partition coefficient (Wildman–Crippen LogP) is 1.35. The molecule has 0 spiro atoms. The van der Waals surface area contributed by atoms with Crippen molar-refractivity contribution in [2.75, 3.05) is 6.61 Å². The summed E-state index contributed by atoms with van der Waals surface area (Å²) in [7, 11) is 0. The number of nitrogens with one attached hydrogen (secondary N) is 1. The summed E-state index contributed by atoms with van der Waals surface area (Å²) in [6, 6.07) is 9.71. The summed E-state index contributed by atoms with van der Waals surface area (Å²) in [4.78, 5) is 22.8. The molecule has 1 aromatic carbocycles. The average molecular weight is 275 g/mol. The molecule has 1 heterocycles. The topological polar surface area (TPSA) is 75.6 Å². The molecule has 5 heteroatoms. The van der Waals surface area contributed by atoms with Crippen LogP contribution in [0.4, 0.5) is 0 Å². The smallest absolute Gasteiger partial charge is 0.307 e. The highest BCUT2D eigenvalue weighted by atomic mass is 16.5. The highest BCUT2D eigenvalue weighted by Gasteiger charge is 2.49. The standard InChI is InChI=1S/C15H17NO4/c17-14(10-8-11(10)15(18)19)16-12-6-7-20-13(12)9-4-2-1-3-5-9/h1-5,10-13H,6-8H2,(H,16,17)(H,18,19). The van der Waals surface area contributed by atoms with Crippen LogP contribution in [0.2, 0.25) is 0 Å². The van der Waals surface area contributed by atoms with Gasteiger partial charge in [0.15, 0.2) is 0 Å². The second kappa shape index (κ2) is 5.25. The first-order valence-corrected chi connectivity index (χ1v) is 6.86. The number of carboxylic acid groups (broad SMARTS) is 1. The molecule has 2 fully saturated rings. The molecule has 1 amide bonds. The van der Waals surface area contributed by atoms with Crippen molar-refractivity contribution >= 4 is 11.9 Å². The minimum absolute atomic E-state index is 0.0695. The van der Waals surface area contributed by atoms with E-state index in [4.69, 9.17) is 9.84 Å². The van der Waals surface area contributed by atoms with Crippen molar-refractivity contribution in [2.24, 2.45) is 11.8 Å². The Labute approximate surface area is 116 Å². The summed E-state index contributed by atoms with van der Waals surface area (Å²) >= 11 is 0. The van der Waals surface area contributed by atoms with Gasteiger partial charge in [-0.3, -0.25) is 9.59 Å². The summed E-state index contributed by atoms with van der Waals surface area (Å²) in [5, 5.41) is 11.8. The summed E-state index contributed by atoms with van der Waals surface area (Å²) in [6.07, 6.45) is 1.07. The van der Waals surface area contributed by atoms with Crippen LogP contribution in [0, 0.1) is 11.8 Å². The maximum absolute atomic E-state index is 12.0. The Morgan fingerprint density at radius 2 is 1.95 bits per heavy atom. The van der Waals surface area contributed by atoms with Crippen molar-refractivity contribution in [3.63, 3.8) is 0 Å². The first-order chi connectivity index (χ1) is 9.66. The molecule has 2 aliphatic rings. The third-order valence-electron chi connectivity index (χ3n) is 3.99. The van der Waals surface area contributed by atoms with E-state index in [1.165, 1.54) is 0 Å². The van der Waals surface area contributed by atoms with E-state index in [0.29, 0.717) is 13.0 Å². The molecule has 1 saturated carbocycles. The summed E-state index contributed by atoms with van der Waals surface area (Å²) in [5.41, 5.74) is 1.04. The van der Waals surface area contributed by atoms with Crippen LogP contribution in [-0.4, -0.2) is 29.6 Å². The lowest BCUT2D eigenvalue weighted by Gasteiger charge is -2.20. The van der Waals surface area contributed by atoms with E-state index >= 15 is 0 Å². The largest absolute Gasteiger partial charge is 0.481 e. The molecular weight excluding hydrogens is 258 g/mol. The lowest BCUT2D eigenvalue weighted by Crippen LogP contribution is -2.38. The number of hydrogen-bond donors (Lipinski definition) is 2. The molecule has 106 valence electrons. The molecule has 4 unspecified atom stereocenters. The minimum Gasteiger partial charge on any atom is -0.481 e. The number of carbonyl (C=O) groups excluding carboxylic acids is 1. The Balaban J connectivity index is 1.62. The molecular formula is C15H17NO4. The van der Waals surface area contributed by atoms with Gasteiger partial charge in [0.05, 0.1) is 17.9 Å². The van der Waals surface area contributed by atoms with E-state index in [0.717, 1.165) is 12.0 Å². The second-order valence-corrected chi connectivity index (χ2v) is 5.39. The van der Waals surface area contributed by atoms with Gasteiger partial charge in [-0.25, -0.2) is 0 Å². The number of aliphatic carboxylic acids is 1. The van der Waals surface area contributed by atoms with Crippen LogP contribution in [0.3, 0.4) is 0 Å². The zero-order chi connectivity index (χ0) is 14.1. The molecule has 2 N–H and O–H groups in total. The van der Waals surface area contributed by atoms with Crippen molar-refractivity contribution < 1.29 is 19.4 Å². The Kier molecular flexibility index (Phi) is 3.44. The van der Waals surface area contributed by atoms with Crippen LogP contribution in [0.15, 0.2) is 30.3 Å². The first kappa shape index (κ1) is 13.1. The number of carbonyl (C=O) groups is 2. The number of hydrogen-bond acceptors (Lipinski definition) is 3. The fourth-order valence-electron chi connectivity index (χ4n) is 2.76. The Morgan fingerprint density at radius 3 is 2.60 bits per heavy atom. The number of benzene rings is 1. The van der Waals surface area contributed by atoms with E-state index in [1.807, 2.05) is 30.3 Å². The van der Waals surface area contributed by atoms with Crippen LogP contribution in [-0.2, 0) is 14.3 Å². The maximum Gasteiger partial charge on any atom is 0.307 e. The predicted molar refractivity (Wildman–Crippen MR) is 70.9 cm³/mol. The van der Waals surface area contributed by atoms with E-state index in [9.17, 15) is 9.59 Å². The van der Waals surface area contributed by atoms with Crippen LogP contribution in [0.5, 0.6) is 0 Å². The summed E-state index contributed by atoms with van der Waals surface area (Å²) < 4.78 is 5.70. The van der Waals surface area contributed by atoms with Gasteiger partial charge in [-0.1, -0.05) is 30.3 Å². The number of carboxylic acids is 1. The summed E-state index contributed by atoms with van der Waals surface area (Å²) in [5.74, 6) is -1.92. The first-order valence-electron chi connectivity index (χ1n) is 6.86. The van der Waals surface area contributed by atoms with Gasteiger partial charge in [-0.05, 0) is 18.4 Å². The third kappa shape index (κ3) is 2.54. The highest BCUT2D eigenvalue weighted by molar-refractivity contribution is 5.89. The molecule has 1 aliphatic heterocycles. The minimum atomic E-state index is -0.882. The SMILES string of the molecule is O=C(O)C1CC1C(=O)NC1CCOC1c1ccccc1. The van der Waals surface area contributed by atoms with Gasteiger partial charge in [0.1, 0.15) is 6.10 Å². The van der Waals surface area contributed by atoms with Gasteiger partial charge >= 0.3 is 5.97 Å². The van der Waals surface area contributed by atoms with E-state index < -0.39 is 11.9 Å². The molecule has 0 bridgehead atoms. The molecule has 5 nitrogen and oxygen atoms in total. The zero-order valence-electron chi connectivity index (χ0n) is 11.0. The van der Waals surface area contributed by atoms with E-state index in [2.05, 4.69) is 5.32 Å². The van der Waals surface area contributed by atoms with Crippen molar-refractivity contribution in [1.82, 2.24) is 5.32 Å². The van der Waals surface area contributed by atoms with Gasteiger partial charge in [0, 0.05) is 6.61 Å². The monoisotopic (exact) mass is 275 g/mol. The lowest BCUT2D eigenvalue weighted by atomic mass is 10.0. The maximum atomic E-state index is 12.0. The molecule has 1 aliphatic carbocycles. The van der Waals surface area contributed by atoms with Gasteiger partial charge < -0.3 is 15.2 Å². The van der Waals surface area contributed by atoms with Gasteiger partial charge in [0.25, 0.3) is 0 Å². The van der Waals surface area contributed by atoms with Crippen molar-refractivity contribution in [3.8, 4) is 0 Å². The quantitative estimate of drug-likeness (QED) is 0.869. The second-order valence-electron chi connectivity index (χ2n) is 5.39. The molecule has 0 radical (unpaired) electrons. The van der Waals surface area contributed by atoms with E-state index in [1.54, 1.807) is 0 Å². The number of ether oxygens (including phenoxy) is 1. The third-order valence-corrected chi connectivity index (χ3v) is 3.99. The van der Waals surface area contributed by atoms with Gasteiger partial charge in [-0.15, -0.1) is 0 Å². The Bertz CT molecular complexity index is 516.